The monoisotopic (exact) mass is 348 g/mol. The van der Waals surface area contributed by atoms with Crippen LogP contribution < -0.4 is 10.1 Å². The molecule has 2 aromatic carbocycles. The van der Waals surface area contributed by atoms with Crippen LogP contribution in [0.5, 0.6) is 5.75 Å². The summed E-state index contributed by atoms with van der Waals surface area (Å²) >= 11 is 0. The van der Waals surface area contributed by atoms with Crippen molar-refractivity contribution in [2.45, 2.75) is 18.4 Å². The first kappa shape index (κ1) is 18.0. The molecule has 2 aromatic rings. The lowest BCUT2D eigenvalue weighted by molar-refractivity contribution is -0.114. The van der Waals surface area contributed by atoms with Gasteiger partial charge in [-0.25, -0.2) is 12.7 Å². The molecule has 128 valence electrons. The highest BCUT2D eigenvalue weighted by Gasteiger charge is 2.17. The Balaban J connectivity index is 2.18. The van der Waals surface area contributed by atoms with Crippen LogP contribution in [0.4, 0.5) is 5.69 Å². The number of rotatable bonds is 6. The minimum absolute atomic E-state index is 0.188. The SMILES string of the molecule is CC(=O)Nc1ccccc1OCc1cccc(S(=O)(=O)N(C)C)c1. The van der Waals surface area contributed by atoms with Crippen LogP contribution in [-0.4, -0.2) is 32.7 Å². The molecule has 7 heteroatoms. The Hall–Kier alpha value is -2.38. The van der Waals surface area contributed by atoms with Crippen molar-refractivity contribution in [3.8, 4) is 5.75 Å². The van der Waals surface area contributed by atoms with Crippen molar-refractivity contribution in [3.63, 3.8) is 0 Å². The minimum atomic E-state index is -3.49. The summed E-state index contributed by atoms with van der Waals surface area (Å²) in [4.78, 5) is 11.4. The Morgan fingerprint density at radius 3 is 2.50 bits per heavy atom. The third-order valence-corrected chi connectivity index (χ3v) is 5.08. The smallest absolute Gasteiger partial charge is 0.242 e. The third-order valence-electron chi connectivity index (χ3n) is 3.27. The van der Waals surface area contributed by atoms with Crippen molar-refractivity contribution < 1.29 is 17.9 Å². The summed E-state index contributed by atoms with van der Waals surface area (Å²) in [6, 6.07) is 13.7. The zero-order valence-corrected chi connectivity index (χ0v) is 14.6. The van der Waals surface area contributed by atoms with Crippen LogP contribution in [0.1, 0.15) is 12.5 Å². The van der Waals surface area contributed by atoms with E-state index in [0.29, 0.717) is 11.4 Å². The van der Waals surface area contributed by atoms with Crippen molar-refractivity contribution >= 4 is 21.6 Å². The summed E-state index contributed by atoms with van der Waals surface area (Å²) in [5.41, 5.74) is 1.29. The molecule has 0 spiro atoms. The van der Waals surface area contributed by atoms with Gasteiger partial charge < -0.3 is 10.1 Å². The van der Waals surface area contributed by atoms with Gasteiger partial charge in [0.25, 0.3) is 0 Å². The molecule has 0 saturated heterocycles. The largest absolute Gasteiger partial charge is 0.487 e. The zero-order valence-electron chi connectivity index (χ0n) is 13.8. The molecule has 0 atom stereocenters. The lowest BCUT2D eigenvalue weighted by Crippen LogP contribution is -2.22. The van der Waals surface area contributed by atoms with Crippen LogP contribution in [0.2, 0.25) is 0 Å². The van der Waals surface area contributed by atoms with Crippen molar-refractivity contribution in [2.75, 3.05) is 19.4 Å². The van der Waals surface area contributed by atoms with Crippen molar-refractivity contribution in [2.24, 2.45) is 0 Å². The maximum absolute atomic E-state index is 12.2. The van der Waals surface area contributed by atoms with E-state index in [4.69, 9.17) is 4.74 Å². The van der Waals surface area contributed by atoms with Crippen LogP contribution in [0, 0.1) is 0 Å². The molecule has 0 aliphatic rings. The van der Waals surface area contributed by atoms with Gasteiger partial charge in [0.2, 0.25) is 15.9 Å². The number of anilines is 1. The maximum Gasteiger partial charge on any atom is 0.242 e. The number of benzene rings is 2. The van der Waals surface area contributed by atoms with Crippen LogP contribution in [0.25, 0.3) is 0 Å². The highest BCUT2D eigenvalue weighted by atomic mass is 32.2. The second-order valence-corrected chi connectivity index (χ2v) is 7.55. The third kappa shape index (κ3) is 4.33. The first-order chi connectivity index (χ1) is 11.3. The number of hydrogen-bond donors (Lipinski definition) is 1. The Morgan fingerprint density at radius 1 is 1.12 bits per heavy atom. The molecule has 0 aliphatic heterocycles. The van der Waals surface area contributed by atoms with Gasteiger partial charge >= 0.3 is 0 Å². The molecule has 0 radical (unpaired) electrons. The molecule has 0 fully saturated rings. The number of nitrogens with zero attached hydrogens (tertiary/aromatic N) is 1. The summed E-state index contributed by atoms with van der Waals surface area (Å²) < 4.78 is 31.2. The molecule has 0 heterocycles. The van der Waals surface area contributed by atoms with E-state index in [-0.39, 0.29) is 17.4 Å². The number of carbonyl (C=O) groups excluding carboxylic acids is 1. The summed E-state index contributed by atoms with van der Waals surface area (Å²) in [5, 5.41) is 2.69. The summed E-state index contributed by atoms with van der Waals surface area (Å²) in [7, 11) is -0.509. The normalized spacial score (nSPS) is 11.3. The molecule has 6 nitrogen and oxygen atoms in total. The van der Waals surface area contributed by atoms with Gasteiger partial charge in [0.05, 0.1) is 10.6 Å². The van der Waals surface area contributed by atoms with Gasteiger partial charge in [-0.05, 0) is 29.8 Å². The van der Waals surface area contributed by atoms with Crippen molar-refractivity contribution in [3.05, 3.63) is 54.1 Å². The van der Waals surface area contributed by atoms with E-state index in [0.717, 1.165) is 5.56 Å². The molecule has 0 aromatic heterocycles. The number of ether oxygens (including phenoxy) is 1. The predicted molar refractivity (Wildman–Crippen MR) is 92.4 cm³/mol. The van der Waals surface area contributed by atoms with Gasteiger partial charge in [0.1, 0.15) is 12.4 Å². The second kappa shape index (κ2) is 7.46. The minimum Gasteiger partial charge on any atom is -0.487 e. The van der Waals surface area contributed by atoms with Crippen LogP contribution in [0.15, 0.2) is 53.4 Å². The van der Waals surface area contributed by atoms with Gasteiger partial charge in [0, 0.05) is 21.0 Å². The molecular formula is C17H20N2O4S. The first-order valence-corrected chi connectivity index (χ1v) is 8.75. The van der Waals surface area contributed by atoms with E-state index in [9.17, 15) is 13.2 Å². The Morgan fingerprint density at radius 2 is 1.83 bits per heavy atom. The van der Waals surface area contributed by atoms with Gasteiger partial charge in [-0.2, -0.15) is 0 Å². The summed E-state index contributed by atoms with van der Waals surface area (Å²) in [5.74, 6) is 0.332. The molecule has 24 heavy (non-hydrogen) atoms. The molecule has 0 aliphatic carbocycles. The fraction of sp³-hybridized carbons (Fsp3) is 0.235. The second-order valence-electron chi connectivity index (χ2n) is 5.40. The van der Waals surface area contributed by atoms with Gasteiger partial charge in [0.15, 0.2) is 0 Å². The Labute approximate surface area is 142 Å². The van der Waals surface area contributed by atoms with Crippen LogP contribution in [-0.2, 0) is 21.4 Å². The molecule has 0 unspecified atom stereocenters. The molecule has 1 amide bonds. The number of sulfonamides is 1. The lowest BCUT2D eigenvalue weighted by Gasteiger charge is -2.14. The van der Waals surface area contributed by atoms with Crippen molar-refractivity contribution in [1.29, 1.82) is 0 Å². The van der Waals surface area contributed by atoms with E-state index >= 15 is 0 Å². The average molecular weight is 348 g/mol. The van der Waals surface area contributed by atoms with E-state index < -0.39 is 10.0 Å². The molecule has 0 saturated carbocycles. The molecule has 2 rings (SSSR count). The average Bonchev–Trinajstić information content (AvgIpc) is 2.53. The van der Waals surface area contributed by atoms with Crippen molar-refractivity contribution in [1.82, 2.24) is 4.31 Å². The van der Waals surface area contributed by atoms with Gasteiger partial charge in [-0.15, -0.1) is 0 Å². The Kier molecular flexibility index (Phi) is 5.58. The topological polar surface area (TPSA) is 75.7 Å². The molecule has 1 N–H and O–H groups in total. The van der Waals surface area contributed by atoms with E-state index in [1.165, 1.54) is 25.3 Å². The summed E-state index contributed by atoms with van der Waals surface area (Å²) in [6.07, 6.45) is 0. The number of para-hydroxylation sites is 2. The van der Waals surface area contributed by atoms with E-state index in [1.54, 1.807) is 48.5 Å². The van der Waals surface area contributed by atoms with Crippen LogP contribution >= 0.6 is 0 Å². The number of carbonyl (C=O) groups is 1. The quantitative estimate of drug-likeness (QED) is 0.870. The highest BCUT2D eigenvalue weighted by Crippen LogP contribution is 2.25. The molecular weight excluding hydrogens is 328 g/mol. The fourth-order valence-corrected chi connectivity index (χ4v) is 3.03. The predicted octanol–water partition coefficient (Wildman–Crippen LogP) is 2.47. The number of hydrogen-bond acceptors (Lipinski definition) is 4. The van der Waals surface area contributed by atoms with Gasteiger partial charge in [-0.1, -0.05) is 24.3 Å². The highest BCUT2D eigenvalue weighted by molar-refractivity contribution is 7.89. The number of nitrogens with one attached hydrogen (secondary N) is 1. The maximum atomic E-state index is 12.2. The molecule has 0 bridgehead atoms. The Bertz CT molecular complexity index is 832. The van der Waals surface area contributed by atoms with Crippen LogP contribution in [0.3, 0.4) is 0 Å². The standard InChI is InChI=1S/C17H20N2O4S/c1-13(20)18-16-9-4-5-10-17(16)23-12-14-7-6-8-15(11-14)24(21,22)19(2)3/h4-11H,12H2,1-3H3,(H,18,20). The lowest BCUT2D eigenvalue weighted by atomic mass is 10.2. The van der Waals surface area contributed by atoms with Gasteiger partial charge in [-0.3, -0.25) is 4.79 Å². The summed E-state index contributed by atoms with van der Waals surface area (Å²) in [6.45, 7) is 1.61. The van der Waals surface area contributed by atoms with E-state index in [1.807, 2.05) is 0 Å². The fourth-order valence-electron chi connectivity index (χ4n) is 2.05. The first-order valence-electron chi connectivity index (χ1n) is 7.31. The zero-order chi connectivity index (χ0) is 17.7. The van der Waals surface area contributed by atoms with E-state index in [2.05, 4.69) is 5.32 Å². The number of amides is 1.